The van der Waals surface area contributed by atoms with E-state index in [-0.39, 0.29) is 6.04 Å². The first kappa shape index (κ1) is 15.2. The van der Waals surface area contributed by atoms with Crippen LogP contribution in [0.1, 0.15) is 36.8 Å². The number of rotatable bonds is 5. The van der Waals surface area contributed by atoms with Crippen LogP contribution in [0.5, 0.6) is 0 Å². The van der Waals surface area contributed by atoms with Crippen LogP contribution in [0.25, 0.3) is 11.4 Å². The number of aromatic nitrogens is 2. The Balaban J connectivity index is 2.20. The van der Waals surface area contributed by atoms with E-state index < -0.39 is 0 Å². The van der Waals surface area contributed by atoms with Crippen LogP contribution >= 0.6 is 15.9 Å². The van der Waals surface area contributed by atoms with E-state index in [2.05, 4.69) is 59.0 Å². The van der Waals surface area contributed by atoms with Crippen molar-refractivity contribution in [3.63, 3.8) is 0 Å². The van der Waals surface area contributed by atoms with Gasteiger partial charge in [0.1, 0.15) is 0 Å². The topological polar surface area (TPSA) is 64.9 Å². The molecule has 1 aromatic heterocycles. The highest BCUT2D eigenvalue weighted by atomic mass is 79.9. The first-order valence-electron chi connectivity index (χ1n) is 6.86. The largest absolute Gasteiger partial charge is 0.339 e. The second kappa shape index (κ2) is 6.50. The molecule has 5 heteroatoms. The molecular formula is C15H20BrN3O. The van der Waals surface area contributed by atoms with Gasteiger partial charge in [-0.3, -0.25) is 0 Å². The SMILES string of the molecule is CCCC(N)Cc1nc(-c2cc(C)c(Br)c(C)c2)no1. The molecule has 0 spiro atoms. The zero-order valence-corrected chi connectivity index (χ0v) is 13.7. The van der Waals surface area contributed by atoms with Crippen LogP contribution in [0.15, 0.2) is 21.1 Å². The summed E-state index contributed by atoms with van der Waals surface area (Å²) < 4.78 is 6.41. The van der Waals surface area contributed by atoms with Gasteiger partial charge in [-0.25, -0.2) is 0 Å². The minimum Gasteiger partial charge on any atom is -0.339 e. The van der Waals surface area contributed by atoms with Gasteiger partial charge in [0, 0.05) is 22.5 Å². The number of aryl methyl sites for hydroxylation is 2. The maximum absolute atomic E-state index is 6.00. The summed E-state index contributed by atoms with van der Waals surface area (Å²) in [6.45, 7) is 6.23. The van der Waals surface area contributed by atoms with E-state index in [0.29, 0.717) is 18.1 Å². The first-order valence-corrected chi connectivity index (χ1v) is 7.65. The summed E-state index contributed by atoms with van der Waals surface area (Å²) in [6.07, 6.45) is 2.66. The van der Waals surface area contributed by atoms with Crippen molar-refractivity contribution in [2.75, 3.05) is 0 Å². The lowest BCUT2D eigenvalue weighted by Gasteiger charge is -2.05. The third kappa shape index (κ3) is 3.46. The van der Waals surface area contributed by atoms with E-state index in [4.69, 9.17) is 10.3 Å². The second-order valence-corrected chi connectivity index (χ2v) is 5.98. The van der Waals surface area contributed by atoms with Gasteiger partial charge in [0.25, 0.3) is 0 Å². The van der Waals surface area contributed by atoms with Crippen molar-refractivity contribution in [1.29, 1.82) is 0 Å². The molecule has 0 bridgehead atoms. The summed E-state index contributed by atoms with van der Waals surface area (Å²) in [5.74, 6) is 1.24. The van der Waals surface area contributed by atoms with Crippen molar-refractivity contribution in [2.24, 2.45) is 5.73 Å². The van der Waals surface area contributed by atoms with Crippen molar-refractivity contribution in [1.82, 2.24) is 10.1 Å². The Kier molecular flexibility index (Phi) is 4.94. The third-order valence-electron chi connectivity index (χ3n) is 3.26. The lowest BCUT2D eigenvalue weighted by molar-refractivity contribution is 0.366. The predicted molar refractivity (Wildman–Crippen MR) is 83.5 cm³/mol. The average molecular weight is 338 g/mol. The molecule has 2 N–H and O–H groups in total. The molecule has 0 fully saturated rings. The summed E-state index contributed by atoms with van der Waals surface area (Å²) in [4.78, 5) is 4.44. The highest BCUT2D eigenvalue weighted by Gasteiger charge is 2.13. The Bertz CT molecular complexity index is 572. The molecule has 0 aliphatic carbocycles. The standard InChI is InChI=1S/C15H20BrN3O/c1-4-5-12(17)8-13-18-15(19-20-13)11-6-9(2)14(16)10(3)7-11/h6-7,12H,4-5,8,17H2,1-3H3. The summed E-state index contributed by atoms with van der Waals surface area (Å²) in [5, 5.41) is 4.05. The number of hydrogen-bond acceptors (Lipinski definition) is 4. The molecule has 1 atom stereocenters. The molecule has 2 aromatic rings. The van der Waals surface area contributed by atoms with Crippen LogP contribution in [0, 0.1) is 13.8 Å². The van der Waals surface area contributed by atoms with Gasteiger partial charge < -0.3 is 10.3 Å². The van der Waals surface area contributed by atoms with Crippen LogP contribution < -0.4 is 5.73 Å². The van der Waals surface area contributed by atoms with E-state index in [1.54, 1.807) is 0 Å². The minimum atomic E-state index is 0.0849. The Hall–Kier alpha value is -1.20. The molecular weight excluding hydrogens is 318 g/mol. The molecule has 0 saturated heterocycles. The molecule has 0 aliphatic heterocycles. The van der Waals surface area contributed by atoms with Crippen LogP contribution in [0.4, 0.5) is 0 Å². The quantitative estimate of drug-likeness (QED) is 0.901. The third-order valence-corrected chi connectivity index (χ3v) is 4.51. The van der Waals surface area contributed by atoms with Crippen molar-refractivity contribution in [3.8, 4) is 11.4 Å². The van der Waals surface area contributed by atoms with E-state index >= 15 is 0 Å². The zero-order valence-electron chi connectivity index (χ0n) is 12.1. The molecule has 0 saturated carbocycles. The summed E-state index contributed by atoms with van der Waals surface area (Å²) in [6, 6.07) is 4.19. The van der Waals surface area contributed by atoms with Crippen LogP contribution in [0.3, 0.4) is 0 Å². The Morgan fingerprint density at radius 3 is 2.55 bits per heavy atom. The summed E-state index contributed by atoms with van der Waals surface area (Å²) >= 11 is 3.56. The molecule has 1 unspecified atom stereocenters. The van der Waals surface area contributed by atoms with Crippen LogP contribution in [0.2, 0.25) is 0 Å². The molecule has 1 aromatic carbocycles. The highest BCUT2D eigenvalue weighted by Crippen LogP contribution is 2.27. The van der Waals surface area contributed by atoms with E-state index in [9.17, 15) is 0 Å². The number of hydrogen-bond donors (Lipinski definition) is 1. The number of nitrogens with zero attached hydrogens (tertiary/aromatic N) is 2. The normalized spacial score (nSPS) is 12.7. The van der Waals surface area contributed by atoms with Crippen molar-refractivity contribution in [2.45, 2.75) is 46.1 Å². The molecule has 108 valence electrons. The molecule has 20 heavy (non-hydrogen) atoms. The summed E-state index contributed by atoms with van der Waals surface area (Å²) in [5.41, 5.74) is 9.29. The van der Waals surface area contributed by atoms with Gasteiger partial charge in [-0.15, -0.1) is 0 Å². The Morgan fingerprint density at radius 2 is 1.95 bits per heavy atom. The fourth-order valence-corrected chi connectivity index (χ4v) is 2.46. The van der Waals surface area contributed by atoms with Crippen molar-refractivity contribution in [3.05, 3.63) is 33.6 Å². The highest BCUT2D eigenvalue weighted by molar-refractivity contribution is 9.10. The fraction of sp³-hybridized carbons (Fsp3) is 0.467. The Morgan fingerprint density at radius 1 is 1.30 bits per heavy atom. The van der Waals surface area contributed by atoms with Crippen LogP contribution in [-0.2, 0) is 6.42 Å². The van der Waals surface area contributed by atoms with E-state index in [1.807, 2.05) is 0 Å². The van der Waals surface area contributed by atoms with Crippen molar-refractivity contribution >= 4 is 15.9 Å². The van der Waals surface area contributed by atoms with Crippen molar-refractivity contribution < 1.29 is 4.52 Å². The smallest absolute Gasteiger partial charge is 0.228 e. The fourth-order valence-electron chi connectivity index (χ4n) is 2.23. The molecule has 4 nitrogen and oxygen atoms in total. The predicted octanol–water partition coefficient (Wildman–Crippen LogP) is 3.79. The number of nitrogens with two attached hydrogens (primary N) is 1. The lowest BCUT2D eigenvalue weighted by atomic mass is 10.1. The van der Waals surface area contributed by atoms with Crippen LogP contribution in [-0.4, -0.2) is 16.2 Å². The van der Waals surface area contributed by atoms with Gasteiger partial charge in [-0.05, 0) is 43.5 Å². The maximum atomic E-state index is 6.00. The van der Waals surface area contributed by atoms with Gasteiger partial charge >= 0.3 is 0 Å². The minimum absolute atomic E-state index is 0.0849. The first-order chi connectivity index (χ1) is 9.51. The number of benzene rings is 1. The van der Waals surface area contributed by atoms with Gasteiger partial charge in [-0.1, -0.05) is 34.4 Å². The average Bonchev–Trinajstić information content (AvgIpc) is 2.84. The molecule has 0 radical (unpaired) electrons. The molecule has 0 aliphatic rings. The monoisotopic (exact) mass is 337 g/mol. The summed E-state index contributed by atoms with van der Waals surface area (Å²) in [7, 11) is 0. The lowest BCUT2D eigenvalue weighted by Crippen LogP contribution is -2.22. The second-order valence-electron chi connectivity index (χ2n) is 5.19. The molecule has 1 heterocycles. The van der Waals surface area contributed by atoms with Gasteiger partial charge in [-0.2, -0.15) is 4.98 Å². The van der Waals surface area contributed by atoms with Gasteiger partial charge in [0.05, 0.1) is 0 Å². The van der Waals surface area contributed by atoms with Gasteiger partial charge in [0.2, 0.25) is 11.7 Å². The Labute approximate surface area is 127 Å². The van der Waals surface area contributed by atoms with E-state index in [1.165, 1.54) is 0 Å². The molecule has 2 rings (SSSR count). The zero-order chi connectivity index (χ0) is 14.7. The molecule has 0 amide bonds. The van der Waals surface area contributed by atoms with E-state index in [0.717, 1.165) is 34.0 Å². The van der Waals surface area contributed by atoms with Gasteiger partial charge in [0.15, 0.2) is 0 Å². The number of halogens is 1. The maximum Gasteiger partial charge on any atom is 0.228 e.